The van der Waals surface area contributed by atoms with Crippen molar-refractivity contribution in [1.29, 1.82) is 0 Å². The average molecular weight is 1240 g/mol. The van der Waals surface area contributed by atoms with Gasteiger partial charge >= 0.3 is 0 Å². The van der Waals surface area contributed by atoms with E-state index in [1.807, 2.05) is 12.8 Å². The minimum atomic E-state index is -2.22. The lowest BCUT2D eigenvalue weighted by atomic mass is 8.25. The molecule has 0 saturated heterocycles. The Morgan fingerprint density at radius 2 is 0.421 bits per heavy atom. The molecule has 65 rings (SSSR count). The van der Waals surface area contributed by atoms with E-state index in [-0.39, 0.29) is 0 Å². The van der Waals surface area contributed by atoms with E-state index in [0.717, 1.165) is 293 Å². The standard InChI is InChI=1S/C90H52.CH2BFS2/c1-9-15-21-25-29-33-37-35-31-27-23-19-13-7-11-17-18-12-8-14-20-24-28-32-36-38-34-30-26-22-16-10(2)40(4)42(6)41(5)39(9,3)45(15)51(21)55(25)59(29)63(33)67(37)65(35)61(31)57(27)53(23)49(19)43(11,13)47(17)48(18)44(12,14)50(20)54(24)58(28)62(32)66(36)68(38)64(34)60(30)56(26)52(22)46(16,40)70(42)69(41,45)73(51)74(52,70)78(56)77(55,73)81(59)82(60,78)86(64)85(63,81)89(67)87(65)83(61)79(57)75(53)71(47,49)72(48,50)76(54,75)80(58,79)84(62,83)88(66,87)90(68,86)89;2-1(3,4)5/h9-38H,7-8H2,1-6H3;4-5H/p-1. The lowest BCUT2D eigenvalue weighted by Gasteiger charge is -3.76. The van der Waals surface area contributed by atoms with Gasteiger partial charge in [0.25, 0.3) is 0 Å². The SMILES string of the molecule is CC1C2C3C4C5C6C7C8C9C%10C%11C%12C%13CC%14C%15C%16C%17CC%18C%19C%20C%21C%22C%23C%24C%25C%26C%27C%28C%29C(C)C%30(C)C%31(C)C%32(C)C1(C)C21C32C43C54C65C76C87C98C%109C%11%10C%12%11C%14%13C%15%12C%16%13C%17%18C%19%14C%20%15C%21%16C%22%17C%23%18C%24%19C%25%20C%26%21C%27%22C%28%23C%29%30C%31%24C%321C21C%23%24C%222C31C41C%212C%202C51C61C73C84C95C%106C%12%11C%13%14C%156C%165C%174C%183C%1921.[B]C(F)([S-])S. The normalized spacial score (nSPS) is 141. The van der Waals surface area contributed by atoms with Gasteiger partial charge in [-0.15, -0.1) is 0 Å². The Kier molecular flexibility index (Phi) is 1.77. The molecule has 0 aromatic heterocycles. The molecule has 2 radical (unpaired) electrons. The second-order valence-corrected chi connectivity index (χ2v) is 61.5. The third-order valence-corrected chi connectivity index (χ3v) is 81.6. The summed E-state index contributed by atoms with van der Waals surface area (Å²) in [7, 11) is 4.37. The van der Waals surface area contributed by atoms with E-state index in [0.29, 0.717) is 0 Å². The fraction of sp³-hybridized carbons (Fsp3) is 1.00. The van der Waals surface area contributed by atoms with Crippen LogP contribution in [0.25, 0.3) is 0 Å². The van der Waals surface area contributed by atoms with Crippen LogP contribution in [0.1, 0.15) is 54.4 Å². The van der Waals surface area contributed by atoms with Crippen LogP contribution in [0.3, 0.4) is 0 Å². The van der Waals surface area contributed by atoms with Crippen LogP contribution in [0, 0.1) is 459 Å². The van der Waals surface area contributed by atoms with Crippen molar-refractivity contribution in [3.8, 4) is 0 Å². The zero-order chi connectivity index (χ0) is 55.2. The van der Waals surface area contributed by atoms with E-state index in [9.17, 15) is 4.39 Å². The highest BCUT2D eigenvalue weighted by molar-refractivity contribution is 7.94. The van der Waals surface area contributed by atoms with Crippen molar-refractivity contribution in [1.82, 2.24) is 0 Å². The van der Waals surface area contributed by atoms with Crippen molar-refractivity contribution >= 4 is 33.1 Å². The zero-order valence-electron chi connectivity index (χ0n) is 53.0. The van der Waals surface area contributed by atoms with E-state index in [2.05, 4.69) is 74.6 Å². The molecule has 0 aromatic rings. The Labute approximate surface area is 551 Å². The van der Waals surface area contributed by atoms with E-state index < -0.39 is 4.23 Å². The van der Waals surface area contributed by atoms with Gasteiger partial charge < -0.3 is 12.6 Å². The molecule has 83 unspecified atom stereocenters. The highest BCUT2D eigenvalue weighted by Gasteiger charge is 3.82. The van der Waals surface area contributed by atoms with Gasteiger partial charge in [0.1, 0.15) is 0 Å². The molecule has 48 spiro atoms. The molecule has 0 aromatic carbocycles. The Morgan fingerprint density at radius 3 is 0.663 bits per heavy atom. The summed E-state index contributed by atoms with van der Waals surface area (Å²) >= 11 is 6.85. The minimum Gasteiger partial charge on any atom is -0.752 e. The molecular weight excluding hydrogens is 1190 g/mol. The molecule has 0 nitrogen and oxygen atoms in total. The molecule has 440 valence electrons. The van der Waals surface area contributed by atoms with Crippen molar-refractivity contribution in [3.05, 3.63) is 54.1 Å². The van der Waals surface area contributed by atoms with E-state index in [4.69, 9.17) is 0 Å². The molecule has 65 aliphatic carbocycles. The molecule has 65 fully saturated rings. The summed E-state index contributed by atoms with van der Waals surface area (Å²) in [4.78, 5) is 0. The van der Waals surface area contributed by atoms with Crippen LogP contribution in [-0.4, -0.2) is 12.1 Å². The third kappa shape index (κ3) is 0.698. The topological polar surface area (TPSA) is 0 Å². The number of alkyl halides is 1. The highest BCUT2D eigenvalue weighted by atomic mass is 32.2. The number of fused-ring (bicyclic) bond motifs is 28. The Morgan fingerprint density at radius 1 is 0.263 bits per heavy atom. The number of thiol groups is 1. The first kappa shape index (κ1) is 34.1. The smallest absolute Gasteiger partial charge is 0.0986 e. The molecular formula is C91H53BFS2-. The first-order valence-electron chi connectivity index (χ1n) is 45.1. The van der Waals surface area contributed by atoms with Crippen molar-refractivity contribution < 1.29 is 4.39 Å². The van der Waals surface area contributed by atoms with Gasteiger partial charge in [-0.1, -0.05) is 41.5 Å². The lowest BCUT2D eigenvalue weighted by molar-refractivity contribution is -1.25. The van der Waals surface area contributed by atoms with Crippen molar-refractivity contribution in [3.63, 3.8) is 0 Å². The molecule has 0 aliphatic heterocycles. The van der Waals surface area contributed by atoms with Crippen LogP contribution in [0.5, 0.6) is 0 Å². The maximum atomic E-state index is 11.1. The fourth-order valence-corrected chi connectivity index (χ4v) is 106. The van der Waals surface area contributed by atoms with E-state index in [1.54, 1.807) is 0 Å². The fourth-order valence-electron chi connectivity index (χ4n) is 106. The van der Waals surface area contributed by atoms with Crippen LogP contribution in [0.15, 0.2) is 0 Å². The number of hydrogen-bond acceptors (Lipinski definition) is 2. The van der Waals surface area contributed by atoms with Gasteiger partial charge in [-0.05, 0) is 476 Å². The molecule has 95 heavy (non-hydrogen) atoms. The average Bonchev–Trinajstić information content (AvgIpc) is 0.407. The first-order chi connectivity index (χ1) is 46.2. The van der Waals surface area contributed by atoms with Gasteiger partial charge in [0, 0.05) is 0 Å². The van der Waals surface area contributed by atoms with Gasteiger partial charge in [-0.3, -0.25) is 4.39 Å². The Hall–Kier alpha value is 0.695. The number of rotatable bonds is 0. The first-order valence-corrected chi connectivity index (χ1v) is 46.0. The minimum absolute atomic E-state index is 0.723. The van der Waals surface area contributed by atoms with Crippen LogP contribution >= 0.6 is 12.6 Å². The quantitative estimate of drug-likeness (QED) is 0.144. The van der Waals surface area contributed by atoms with Gasteiger partial charge in [0.05, 0.1) is 7.85 Å². The summed E-state index contributed by atoms with van der Waals surface area (Å²) in [5.41, 5.74) is 55.2. The molecule has 83 atom stereocenters. The Balaban J connectivity index is 0.000000750. The number of halogens is 1. The summed E-state index contributed by atoms with van der Waals surface area (Å²) in [6.45, 7) is 19.5. The summed E-state index contributed by atoms with van der Waals surface area (Å²) in [5.74, 6) is 41.6. The summed E-state index contributed by atoms with van der Waals surface area (Å²) in [5, 5.41) is 0. The predicted molar refractivity (Wildman–Crippen MR) is 309 cm³/mol. The molecule has 0 heterocycles. The summed E-state index contributed by atoms with van der Waals surface area (Å²) in [6, 6.07) is 0. The Bertz CT molecular complexity index is 6380. The molecule has 0 N–H and O–H groups in total. The second-order valence-electron chi connectivity index (χ2n) is 60.0. The molecule has 4 heteroatoms. The van der Waals surface area contributed by atoms with Crippen LogP contribution in [0.4, 0.5) is 4.39 Å². The maximum absolute atomic E-state index is 11.1. The predicted octanol–water partition coefficient (Wildman–Crippen LogP) is 8.57. The summed E-state index contributed by atoms with van der Waals surface area (Å²) in [6.07, 6.45) is 3.78. The molecule has 65 saturated carbocycles. The van der Waals surface area contributed by atoms with Crippen LogP contribution in [-0.2, 0) is 12.6 Å². The highest BCUT2D eigenvalue weighted by Crippen LogP contribution is 3.85. The van der Waals surface area contributed by atoms with Crippen molar-refractivity contribution in [2.45, 2.75) is 58.6 Å². The maximum Gasteiger partial charge on any atom is 0.0986 e. The monoisotopic (exact) mass is 1240 g/mol. The van der Waals surface area contributed by atoms with Crippen molar-refractivity contribution in [2.75, 3.05) is 0 Å². The number of hydrogen-bond donors (Lipinski definition) is 1. The third-order valence-electron chi connectivity index (χ3n) is 81.6. The van der Waals surface area contributed by atoms with E-state index in [1.165, 1.54) is 166 Å². The second kappa shape index (κ2) is 4.93. The van der Waals surface area contributed by atoms with Gasteiger partial charge in [0.2, 0.25) is 0 Å². The lowest BCUT2D eigenvalue weighted by Crippen LogP contribution is -3.74. The zero-order valence-corrected chi connectivity index (χ0v) is 54.8. The van der Waals surface area contributed by atoms with Gasteiger partial charge in [-0.25, -0.2) is 0 Å². The van der Waals surface area contributed by atoms with Gasteiger partial charge in [0.15, 0.2) is 0 Å². The van der Waals surface area contributed by atoms with Crippen LogP contribution < -0.4 is 0 Å². The van der Waals surface area contributed by atoms with E-state index >= 15 is 0 Å². The largest absolute Gasteiger partial charge is 0.752 e. The van der Waals surface area contributed by atoms with Gasteiger partial charge in [-0.2, -0.15) is 12.6 Å². The van der Waals surface area contributed by atoms with Crippen LogP contribution in [0.2, 0.25) is 0 Å². The van der Waals surface area contributed by atoms with Crippen molar-refractivity contribution in [2.24, 2.45) is 405 Å². The molecule has 0 bridgehead atoms. The summed E-state index contributed by atoms with van der Waals surface area (Å²) < 4.78 is 8.92. The molecule has 0 amide bonds. The molecule has 65 aliphatic rings.